The minimum absolute atomic E-state index is 0.0190. The number of thiophene rings is 1. The quantitative estimate of drug-likeness (QED) is 0.0781. The van der Waals surface area contributed by atoms with Crippen LogP contribution in [-0.2, 0) is 36.5 Å². The number of carbonyl (C=O) groups excluding carboxylic acids is 1. The molecular weight excluding hydrogens is 638 g/mol. The largest absolute Gasteiger partial charge is 0.494 e. The molecular formula is C35H44ClN5O3S2. The van der Waals surface area contributed by atoms with E-state index >= 15 is 0 Å². The van der Waals surface area contributed by atoms with Crippen LogP contribution in [0, 0.1) is 0 Å². The van der Waals surface area contributed by atoms with Crippen LogP contribution in [-0.4, -0.2) is 63.3 Å². The van der Waals surface area contributed by atoms with E-state index in [2.05, 4.69) is 30.7 Å². The summed E-state index contributed by atoms with van der Waals surface area (Å²) in [6, 6.07) is 19.9. The first-order valence-electron chi connectivity index (χ1n) is 16.0. The van der Waals surface area contributed by atoms with E-state index in [4.69, 9.17) is 21.4 Å². The van der Waals surface area contributed by atoms with Gasteiger partial charge < -0.3 is 14.5 Å². The van der Waals surface area contributed by atoms with Gasteiger partial charge in [0.05, 0.1) is 10.9 Å². The molecule has 4 aromatic rings. The summed E-state index contributed by atoms with van der Waals surface area (Å²) in [5, 5.41) is 7.14. The van der Waals surface area contributed by atoms with Gasteiger partial charge >= 0.3 is 0 Å². The number of rotatable bonds is 19. The van der Waals surface area contributed by atoms with Gasteiger partial charge in [0.15, 0.2) is 5.16 Å². The number of nitrogens with zero attached hydrogens (tertiary/aromatic N) is 5. The second-order valence-electron chi connectivity index (χ2n) is 11.0. The van der Waals surface area contributed by atoms with Crippen LogP contribution in [0.15, 0.2) is 76.0 Å². The van der Waals surface area contributed by atoms with E-state index in [0.29, 0.717) is 53.5 Å². The fraction of sp³-hybridized carbons (Fsp3) is 0.429. The lowest BCUT2D eigenvalue weighted by Gasteiger charge is -2.27. The summed E-state index contributed by atoms with van der Waals surface area (Å²) in [7, 11) is 0. The van der Waals surface area contributed by atoms with Crippen molar-refractivity contribution in [1.82, 2.24) is 24.6 Å². The second kappa shape index (κ2) is 18.8. The topological polar surface area (TPSA) is 80.6 Å². The molecule has 11 heteroatoms. The lowest BCUT2D eigenvalue weighted by molar-refractivity contribution is -0.133. The number of likely N-dealkylation sites (N-methyl/N-ethyl adjacent to an activating group) is 1. The Kier molecular flexibility index (Phi) is 14.6. The van der Waals surface area contributed by atoms with Crippen molar-refractivity contribution in [3.8, 4) is 5.75 Å². The first-order chi connectivity index (χ1) is 22.4. The van der Waals surface area contributed by atoms with Crippen LogP contribution < -0.4 is 10.3 Å². The van der Waals surface area contributed by atoms with Crippen LogP contribution in [0.5, 0.6) is 5.75 Å². The van der Waals surface area contributed by atoms with Gasteiger partial charge in [0.25, 0.3) is 5.56 Å². The summed E-state index contributed by atoms with van der Waals surface area (Å²) >= 11 is 9.00. The smallest absolute Gasteiger partial charge is 0.295 e. The third-order valence-electron chi connectivity index (χ3n) is 7.67. The zero-order valence-electron chi connectivity index (χ0n) is 27.0. The van der Waals surface area contributed by atoms with Gasteiger partial charge in [-0.05, 0) is 66.2 Å². The molecule has 0 aliphatic heterocycles. The maximum atomic E-state index is 14.0. The minimum Gasteiger partial charge on any atom is -0.494 e. The van der Waals surface area contributed by atoms with Gasteiger partial charge in [-0.25, -0.2) is 4.68 Å². The van der Waals surface area contributed by atoms with Crippen molar-refractivity contribution in [3.63, 3.8) is 0 Å². The van der Waals surface area contributed by atoms with E-state index in [1.54, 1.807) is 4.68 Å². The average molecular weight is 682 g/mol. The molecule has 0 saturated carbocycles. The number of benzene rings is 2. The summed E-state index contributed by atoms with van der Waals surface area (Å²) in [5.41, 5.74) is 3.17. The highest BCUT2D eigenvalue weighted by Gasteiger charge is 2.20. The molecule has 4 rings (SSSR count). The van der Waals surface area contributed by atoms with Crippen molar-refractivity contribution in [2.24, 2.45) is 0 Å². The van der Waals surface area contributed by atoms with E-state index in [1.165, 1.54) is 23.1 Å². The van der Waals surface area contributed by atoms with Crippen LogP contribution in [0.4, 0.5) is 0 Å². The van der Waals surface area contributed by atoms with Crippen LogP contribution in [0.2, 0.25) is 4.34 Å². The predicted molar refractivity (Wildman–Crippen MR) is 189 cm³/mol. The molecule has 0 spiro atoms. The number of carbonyl (C=O) groups is 1. The SMILES string of the molecule is CCCCOc1ccc(CN(CCN(CC)CC)C(=O)Cn2nc(CCc3ccccc3)c(=O)nc2SCc2csc(Cl)c2)cc1. The standard InChI is InChI=1S/C35H44ClN5O3S2/c1-4-7-21-44-30-16-13-28(14-17-30)23-40(20-19-39(5-2)6-3)33(42)24-41-35(46-26-29-22-32(36)45-25-29)37-34(43)31(38-41)18-15-27-11-9-8-10-12-27/h8-14,16-17,22,25H,4-7,15,18-21,23-24,26H2,1-3H3. The summed E-state index contributed by atoms with van der Waals surface area (Å²) < 4.78 is 8.15. The van der Waals surface area contributed by atoms with E-state index in [1.807, 2.05) is 70.9 Å². The molecule has 0 radical (unpaired) electrons. The molecule has 0 saturated heterocycles. The lowest BCUT2D eigenvalue weighted by Crippen LogP contribution is -2.40. The highest BCUT2D eigenvalue weighted by molar-refractivity contribution is 7.98. The van der Waals surface area contributed by atoms with Crippen molar-refractivity contribution in [3.05, 3.63) is 103 Å². The van der Waals surface area contributed by atoms with Gasteiger partial charge in [0.2, 0.25) is 5.91 Å². The predicted octanol–water partition coefficient (Wildman–Crippen LogP) is 6.98. The Morgan fingerprint density at radius 3 is 2.41 bits per heavy atom. The highest BCUT2D eigenvalue weighted by atomic mass is 35.5. The molecule has 1 amide bonds. The van der Waals surface area contributed by atoms with E-state index in [-0.39, 0.29) is 18.0 Å². The Bertz CT molecular complexity index is 1560. The van der Waals surface area contributed by atoms with Crippen molar-refractivity contribution in [2.45, 2.75) is 70.5 Å². The maximum absolute atomic E-state index is 14.0. The van der Waals surface area contributed by atoms with Crippen LogP contribution in [0.3, 0.4) is 0 Å². The number of thioether (sulfide) groups is 1. The first kappa shape index (κ1) is 35.7. The molecule has 0 atom stereocenters. The van der Waals surface area contributed by atoms with Gasteiger partial charge in [0.1, 0.15) is 18.0 Å². The number of unbranched alkanes of at least 4 members (excludes halogenated alkanes) is 1. The number of hydrogen-bond donors (Lipinski definition) is 0. The van der Waals surface area contributed by atoms with Gasteiger partial charge in [-0.1, -0.05) is 93.0 Å². The van der Waals surface area contributed by atoms with Gasteiger partial charge in [-0.3, -0.25) is 9.59 Å². The second-order valence-corrected chi connectivity index (χ2v) is 13.5. The molecule has 0 bridgehead atoms. The average Bonchev–Trinajstić information content (AvgIpc) is 3.49. The number of halogens is 1. The van der Waals surface area contributed by atoms with Gasteiger partial charge in [-0.15, -0.1) is 11.3 Å². The molecule has 2 aromatic carbocycles. The molecule has 2 heterocycles. The molecule has 0 unspecified atom stereocenters. The van der Waals surface area contributed by atoms with Crippen LogP contribution >= 0.6 is 34.7 Å². The number of aryl methyl sites for hydroxylation is 2. The van der Waals surface area contributed by atoms with Crippen molar-refractivity contribution < 1.29 is 9.53 Å². The Balaban J connectivity index is 1.56. The lowest BCUT2D eigenvalue weighted by atomic mass is 10.1. The molecule has 0 fully saturated rings. The molecule has 0 aliphatic rings. The number of amides is 1. The van der Waals surface area contributed by atoms with Gasteiger partial charge in [0, 0.05) is 31.8 Å². The summed E-state index contributed by atoms with van der Waals surface area (Å²) in [6.07, 6.45) is 3.19. The summed E-state index contributed by atoms with van der Waals surface area (Å²) in [6.45, 7) is 10.7. The third kappa shape index (κ3) is 11.3. The van der Waals surface area contributed by atoms with Crippen molar-refractivity contribution in [2.75, 3.05) is 32.8 Å². The Hall–Kier alpha value is -3.18. The van der Waals surface area contributed by atoms with E-state index in [9.17, 15) is 9.59 Å². The zero-order valence-corrected chi connectivity index (χ0v) is 29.4. The normalized spacial score (nSPS) is 11.2. The van der Waals surface area contributed by atoms with Crippen LogP contribution in [0.1, 0.15) is 56.0 Å². The number of hydrogen-bond acceptors (Lipinski definition) is 8. The van der Waals surface area contributed by atoms with Gasteiger partial charge in [-0.2, -0.15) is 10.1 Å². The number of aromatic nitrogens is 3. The number of ether oxygens (including phenoxy) is 1. The van der Waals surface area contributed by atoms with Crippen LogP contribution in [0.25, 0.3) is 0 Å². The Morgan fingerprint density at radius 1 is 0.978 bits per heavy atom. The molecule has 46 heavy (non-hydrogen) atoms. The highest BCUT2D eigenvalue weighted by Crippen LogP contribution is 2.26. The first-order valence-corrected chi connectivity index (χ1v) is 18.2. The monoisotopic (exact) mass is 681 g/mol. The third-order valence-corrected chi connectivity index (χ3v) is 9.85. The molecule has 0 aliphatic carbocycles. The maximum Gasteiger partial charge on any atom is 0.295 e. The zero-order chi connectivity index (χ0) is 32.7. The van der Waals surface area contributed by atoms with Crippen molar-refractivity contribution >= 4 is 40.6 Å². The summed E-state index contributed by atoms with van der Waals surface area (Å²) in [5.74, 6) is 1.31. The Labute approximate surface area is 285 Å². The molecule has 2 aromatic heterocycles. The van der Waals surface area contributed by atoms with E-state index < -0.39 is 0 Å². The summed E-state index contributed by atoms with van der Waals surface area (Å²) in [4.78, 5) is 35.8. The molecule has 0 N–H and O–H groups in total. The molecule has 246 valence electrons. The minimum atomic E-state index is -0.356. The Morgan fingerprint density at radius 2 is 1.74 bits per heavy atom. The van der Waals surface area contributed by atoms with E-state index in [0.717, 1.165) is 54.9 Å². The molecule has 8 nitrogen and oxygen atoms in total. The fourth-order valence-corrected chi connectivity index (χ4v) is 6.73. The fourth-order valence-electron chi connectivity index (χ4n) is 4.85. The van der Waals surface area contributed by atoms with Crippen molar-refractivity contribution in [1.29, 1.82) is 0 Å².